The Morgan fingerprint density at radius 2 is 1.89 bits per heavy atom. The third-order valence-electron chi connectivity index (χ3n) is 2.57. The molecule has 2 aromatic carbocycles. The van der Waals surface area contributed by atoms with Crippen LogP contribution in [0.3, 0.4) is 0 Å². The van der Waals surface area contributed by atoms with Crippen LogP contribution >= 0.6 is 15.9 Å². The van der Waals surface area contributed by atoms with Gasteiger partial charge >= 0.3 is 0 Å². The maximum Gasteiger partial charge on any atom is 0.262 e. The van der Waals surface area contributed by atoms with Gasteiger partial charge in [0.25, 0.3) is 10.0 Å². The lowest BCUT2D eigenvalue weighted by Crippen LogP contribution is -2.14. The molecule has 0 amide bonds. The molecule has 100 valence electrons. The second-order valence-corrected chi connectivity index (χ2v) is 6.71. The second-order valence-electron chi connectivity index (χ2n) is 4.14. The standard InChI is InChI=1S/C13H13BrN2O2S/c1-9-7-11(15)5-6-13(9)19(17,18)16-12-4-2-3-10(14)8-12/h2-8,16H,15H2,1H3. The van der Waals surface area contributed by atoms with Crippen molar-refractivity contribution in [3.63, 3.8) is 0 Å². The topological polar surface area (TPSA) is 72.2 Å². The summed E-state index contributed by atoms with van der Waals surface area (Å²) < 4.78 is 27.9. The van der Waals surface area contributed by atoms with Crippen molar-refractivity contribution in [2.24, 2.45) is 0 Å². The number of rotatable bonds is 3. The SMILES string of the molecule is Cc1cc(N)ccc1S(=O)(=O)Nc1cccc(Br)c1. The first-order valence-corrected chi connectivity index (χ1v) is 7.80. The maximum atomic E-state index is 12.3. The lowest BCUT2D eigenvalue weighted by atomic mass is 10.2. The van der Waals surface area contributed by atoms with E-state index in [2.05, 4.69) is 20.7 Å². The molecule has 2 aromatic rings. The third kappa shape index (κ3) is 3.27. The fraction of sp³-hybridized carbons (Fsp3) is 0.0769. The number of nitrogen functional groups attached to an aromatic ring is 1. The summed E-state index contributed by atoms with van der Waals surface area (Å²) in [5.41, 5.74) is 7.28. The lowest BCUT2D eigenvalue weighted by molar-refractivity contribution is 0.600. The van der Waals surface area contributed by atoms with Crippen LogP contribution in [0.2, 0.25) is 0 Å². The summed E-state index contributed by atoms with van der Waals surface area (Å²) in [5, 5.41) is 0. The molecular formula is C13H13BrN2O2S. The molecule has 0 aromatic heterocycles. The molecule has 3 N–H and O–H groups in total. The summed E-state index contributed by atoms with van der Waals surface area (Å²) in [6.07, 6.45) is 0. The predicted octanol–water partition coefficient (Wildman–Crippen LogP) is 3.14. The number of hydrogen-bond acceptors (Lipinski definition) is 3. The zero-order chi connectivity index (χ0) is 14.0. The molecule has 0 bridgehead atoms. The molecule has 6 heteroatoms. The van der Waals surface area contributed by atoms with Gasteiger partial charge in [0.1, 0.15) is 0 Å². The molecule has 2 rings (SSSR count). The van der Waals surface area contributed by atoms with Gasteiger partial charge in [-0.15, -0.1) is 0 Å². The Morgan fingerprint density at radius 1 is 1.16 bits per heavy atom. The van der Waals surface area contributed by atoms with Crippen LogP contribution in [0.4, 0.5) is 11.4 Å². The van der Waals surface area contributed by atoms with E-state index in [4.69, 9.17) is 5.73 Å². The Kier molecular flexibility index (Phi) is 3.82. The zero-order valence-corrected chi connectivity index (χ0v) is 12.6. The molecule has 0 radical (unpaired) electrons. The summed E-state index contributed by atoms with van der Waals surface area (Å²) in [4.78, 5) is 0.224. The van der Waals surface area contributed by atoms with Gasteiger partial charge in [0, 0.05) is 15.8 Å². The first kappa shape index (κ1) is 13.9. The minimum Gasteiger partial charge on any atom is -0.399 e. The quantitative estimate of drug-likeness (QED) is 0.843. The average Bonchev–Trinajstić information content (AvgIpc) is 2.27. The number of aryl methyl sites for hydroxylation is 1. The lowest BCUT2D eigenvalue weighted by Gasteiger charge is -2.11. The van der Waals surface area contributed by atoms with Crippen LogP contribution in [-0.4, -0.2) is 8.42 Å². The van der Waals surface area contributed by atoms with Crippen molar-refractivity contribution in [3.8, 4) is 0 Å². The van der Waals surface area contributed by atoms with Crippen LogP contribution in [-0.2, 0) is 10.0 Å². The highest BCUT2D eigenvalue weighted by Crippen LogP contribution is 2.22. The van der Waals surface area contributed by atoms with Crippen molar-refractivity contribution in [3.05, 3.63) is 52.5 Å². The summed E-state index contributed by atoms with van der Waals surface area (Å²) in [6, 6.07) is 11.7. The van der Waals surface area contributed by atoms with E-state index < -0.39 is 10.0 Å². The summed E-state index contributed by atoms with van der Waals surface area (Å²) in [6.45, 7) is 1.71. The number of nitrogens with one attached hydrogen (secondary N) is 1. The van der Waals surface area contributed by atoms with Crippen LogP contribution in [0, 0.1) is 6.92 Å². The monoisotopic (exact) mass is 340 g/mol. The Hall–Kier alpha value is -1.53. The van der Waals surface area contributed by atoms with E-state index in [0.717, 1.165) is 4.47 Å². The minimum absolute atomic E-state index is 0.224. The number of anilines is 2. The number of benzene rings is 2. The maximum absolute atomic E-state index is 12.3. The van der Waals surface area contributed by atoms with E-state index in [9.17, 15) is 8.42 Å². The molecule has 0 aliphatic carbocycles. The van der Waals surface area contributed by atoms with E-state index in [-0.39, 0.29) is 4.90 Å². The van der Waals surface area contributed by atoms with Gasteiger partial charge in [-0.2, -0.15) is 0 Å². The summed E-state index contributed by atoms with van der Waals surface area (Å²) in [7, 11) is -3.60. The summed E-state index contributed by atoms with van der Waals surface area (Å²) in [5.74, 6) is 0. The molecule has 0 aliphatic heterocycles. The molecule has 0 unspecified atom stereocenters. The summed E-state index contributed by atoms with van der Waals surface area (Å²) >= 11 is 3.30. The Labute approximate surface area is 120 Å². The Bertz CT molecular complexity index is 714. The number of hydrogen-bond donors (Lipinski definition) is 2. The highest BCUT2D eigenvalue weighted by atomic mass is 79.9. The fourth-order valence-electron chi connectivity index (χ4n) is 1.74. The van der Waals surface area contributed by atoms with Gasteiger partial charge < -0.3 is 5.73 Å². The largest absolute Gasteiger partial charge is 0.399 e. The van der Waals surface area contributed by atoms with E-state index in [1.54, 1.807) is 37.3 Å². The van der Waals surface area contributed by atoms with E-state index in [1.165, 1.54) is 6.07 Å². The van der Waals surface area contributed by atoms with Crippen LogP contribution in [0.1, 0.15) is 5.56 Å². The van der Waals surface area contributed by atoms with Gasteiger partial charge in [-0.3, -0.25) is 4.72 Å². The molecule has 0 saturated carbocycles. The number of halogens is 1. The molecule has 0 saturated heterocycles. The highest BCUT2D eigenvalue weighted by molar-refractivity contribution is 9.10. The smallest absolute Gasteiger partial charge is 0.262 e. The first-order valence-electron chi connectivity index (χ1n) is 5.53. The minimum atomic E-state index is -3.60. The predicted molar refractivity (Wildman–Crippen MR) is 80.5 cm³/mol. The fourth-order valence-corrected chi connectivity index (χ4v) is 3.41. The molecule has 0 fully saturated rings. The van der Waals surface area contributed by atoms with Crippen molar-refractivity contribution in [1.82, 2.24) is 0 Å². The number of sulfonamides is 1. The van der Waals surface area contributed by atoms with Gasteiger partial charge in [-0.1, -0.05) is 22.0 Å². The van der Waals surface area contributed by atoms with Crippen LogP contribution in [0.5, 0.6) is 0 Å². The van der Waals surface area contributed by atoms with Gasteiger partial charge in [0.15, 0.2) is 0 Å². The zero-order valence-electron chi connectivity index (χ0n) is 10.2. The second kappa shape index (κ2) is 5.22. The Morgan fingerprint density at radius 3 is 2.53 bits per heavy atom. The molecule has 0 atom stereocenters. The van der Waals surface area contributed by atoms with Gasteiger partial charge in [-0.05, 0) is 48.9 Å². The van der Waals surface area contributed by atoms with Gasteiger partial charge in [-0.25, -0.2) is 8.42 Å². The molecule has 0 spiro atoms. The third-order valence-corrected chi connectivity index (χ3v) is 4.60. The number of nitrogens with two attached hydrogens (primary N) is 1. The van der Waals surface area contributed by atoms with Crippen LogP contribution in [0.15, 0.2) is 51.8 Å². The van der Waals surface area contributed by atoms with E-state index >= 15 is 0 Å². The van der Waals surface area contributed by atoms with Crippen molar-refractivity contribution >= 4 is 37.3 Å². The van der Waals surface area contributed by atoms with Crippen LogP contribution in [0.25, 0.3) is 0 Å². The first-order chi connectivity index (χ1) is 8.88. The van der Waals surface area contributed by atoms with Gasteiger partial charge in [0.05, 0.1) is 4.90 Å². The van der Waals surface area contributed by atoms with Crippen molar-refractivity contribution in [2.75, 3.05) is 10.5 Å². The van der Waals surface area contributed by atoms with E-state index in [0.29, 0.717) is 16.9 Å². The molecular weight excluding hydrogens is 328 g/mol. The van der Waals surface area contributed by atoms with Crippen LogP contribution < -0.4 is 10.5 Å². The van der Waals surface area contributed by atoms with Crippen molar-refractivity contribution < 1.29 is 8.42 Å². The molecule has 0 heterocycles. The molecule has 19 heavy (non-hydrogen) atoms. The Balaban J connectivity index is 2.38. The van der Waals surface area contributed by atoms with Crippen molar-refractivity contribution in [1.29, 1.82) is 0 Å². The molecule has 4 nitrogen and oxygen atoms in total. The average molecular weight is 341 g/mol. The van der Waals surface area contributed by atoms with Crippen molar-refractivity contribution in [2.45, 2.75) is 11.8 Å². The van der Waals surface area contributed by atoms with E-state index in [1.807, 2.05) is 6.07 Å². The normalized spacial score (nSPS) is 11.3. The van der Waals surface area contributed by atoms with Gasteiger partial charge in [0.2, 0.25) is 0 Å². The highest BCUT2D eigenvalue weighted by Gasteiger charge is 2.16. The molecule has 0 aliphatic rings.